The summed E-state index contributed by atoms with van der Waals surface area (Å²) in [4.78, 5) is 14.4. The first-order chi connectivity index (χ1) is 12.1. The van der Waals surface area contributed by atoms with E-state index in [2.05, 4.69) is 12.1 Å². The highest BCUT2D eigenvalue weighted by atomic mass is 16.3. The van der Waals surface area contributed by atoms with Crippen molar-refractivity contribution >= 4 is 5.91 Å². The molecule has 1 amide bonds. The predicted molar refractivity (Wildman–Crippen MR) is 97.2 cm³/mol. The zero-order valence-electron chi connectivity index (χ0n) is 14.4. The molecule has 1 saturated heterocycles. The topological polar surface area (TPSA) is 60.8 Å². The first kappa shape index (κ1) is 17.5. The highest BCUT2D eigenvalue weighted by molar-refractivity contribution is 5.76. The summed E-state index contributed by atoms with van der Waals surface area (Å²) in [5, 5.41) is 18.4. The maximum absolute atomic E-state index is 12.4. The summed E-state index contributed by atoms with van der Waals surface area (Å²) in [6.07, 6.45) is 3.26. The molecule has 2 aromatic rings. The van der Waals surface area contributed by atoms with Gasteiger partial charge in [-0.05, 0) is 54.0 Å². The van der Waals surface area contributed by atoms with Gasteiger partial charge >= 0.3 is 0 Å². The second-order valence-corrected chi connectivity index (χ2v) is 6.84. The van der Waals surface area contributed by atoms with Gasteiger partial charge in [-0.2, -0.15) is 0 Å². The summed E-state index contributed by atoms with van der Waals surface area (Å²) < 4.78 is 0. The van der Waals surface area contributed by atoms with Gasteiger partial charge in [0.15, 0.2) is 0 Å². The fraction of sp³-hybridized carbons (Fsp3) is 0.381. The van der Waals surface area contributed by atoms with Gasteiger partial charge in [-0.3, -0.25) is 4.79 Å². The molecule has 4 nitrogen and oxygen atoms in total. The summed E-state index contributed by atoms with van der Waals surface area (Å²) in [5.74, 6) is 0.980. The predicted octanol–water partition coefficient (Wildman–Crippen LogP) is 2.91. The second kappa shape index (κ2) is 8.17. The van der Waals surface area contributed by atoms with Crippen molar-refractivity contribution in [1.82, 2.24) is 4.90 Å². The van der Waals surface area contributed by atoms with Gasteiger partial charge in [0.2, 0.25) is 5.91 Å². The first-order valence-electron chi connectivity index (χ1n) is 8.88. The minimum Gasteiger partial charge on any atom is -0.508 e. The monoisotopic (exact) mass is 339 g/mol. The Hall–Kier alpha value is -2.33. The van der Waals surface area contributed by atoms with Crippen LogP contribution in [-0.4, -0.2) is 34.1 Å². The first-order valence-corrected chi connectivity index (χ1v) is 8.88. The molecular weight excluding hydrogens is 314 g/mol. The lowest BCUT2D eigenvalue weighted by Crippen LogP contribution is -2.29. The Balaban J connectivity index is 1.46. The van der Waals surface area contributed by atoms with Crippen molar-refractivity contribution in [3.05, 3.63) is 65.2 Å². The molecular formula is C21H25NO3. The van der Waals surface area contributed by atoms with Gasteiger partial charge in [0.25, 0.3) is 0 Å². The standard InChI is InChI=1S/C21H25NO3/c23-15-18-3-1-17(2-4-18)13-19-11-12-22(14-19)21(25)10-7-16-5-8-20(24)9-6-16/h1-6,8-9,19,23-24H,7,10-15H2/t19-/m0/s1. The highest BCUT2D eigenvalue weighted by Gasteiger charge is 2.25. The van der Waals surface area contributed by atoms with E-state index < -0.39 is 0 Å². The molecule has 3 rings (SSSR count). The third-order valence-corrected chi connectivity index (χ3v) is 4.93. The van der Waals surface area contributed by atoms with Crippen LogP contribution in [0.1, 0.15) is 29.5 Å². The van der Waals surface area contributed by atoms with Crippen molar-refractivity contribution in [2.75, 3.05) is 13.1 Å². The number of carbonyl (C=O) groups excluding carboxylic acids is 1. The van der Waals surface area contributed by atoms with Crippen LogP contribution in [0.15, 0.2) is 48.5 Å². The van der Waals surface area contributed by atoms with E-state index >= 15 is 0 Å². The van der Waals surface area contributed by atoms with Crippen molar-refractivity contribution in [3.63, 3.8) is 0 Å². The maximum Gasteiger partial charge on any atom is 0.222 e. The number of nitrogens with zero attached hydrogens (tertiary/aromatic N) is 1. The Kier molecular flexibility index (Phi) is 5.71. The minimum atomic E-state index is 0.0764. The molecule has 2 N–H and O–H groups in total. The number of phenolic OH excluding ortho intramolecular Hbond substituents is 1. The highest BCUT2D eigenvalue weighted by Crippen LogP contribution is 2.22. The van der Waals surface area contributed by atoms with E-state index in [-0.39, 0.29) is 18.3 Å². The fourth-order valence-electron chi connectivity index (χ4n) is 3.41. The van der Waals surface area contributed by atoms with Gasteiger partial charge in [-0.1, -0.05) is 36.4 Å². The van der Waals surface area contributed by atoms with E-state index in [0.717, 1.165) is 37.1 Å². The number of aliphatic hydroxyl groups is 1. The average Bonchev–Trinajstić information content (AvgIpc) is 3.10. The lowest BCUT2D eigenvalue weighted by atomic mass is 9.98. The van der Waals surface area contributed by atoms with Crippen LogP contribution in [0.5, 0.6) is 5.75 Å². The van der Waals surface area contributed by atoms with Gasteiger partial charge in [-0.25, -0.2) is 0 Å². The van der Waals surface area contributed by atoms with Crippen molar-refractivity contribution < 1.29 is 15.0 Å². The van der Waals surface area contributed by atoms with Crippen molar-refractivity contribution in [3.8, 4) is 5.75 Å². The molecule has 1 atom stereocenters. The van der Waals surface area contributed by atoms with Crippen LogP contribution in [0.25, 0.3) is 0 Å². The molecule has 132 valence electrons. The number of hydrogen-bond donors (Lipinski definition) is 2. The zero-order chi connectivity index (χ0) is 17.6. The lowest BCUT2D eigenvalue weighted by Gasteiger charge is -2.17. The van der Waals surface area contributed by atoms with E-state index in [9.17, 15) is 9.90 Å². The molecule has 25 heavy (non-hydrogen) atoms. The van der Waals surface area contributed by atoms with Gasteiger partial charge in [0.1, 0.15) is 5.75 Å². The molecule has 0 aliphatic carbocycles. The van der Waals surface area contributed by atoms with Crippen LogP contribution in [0.2, 0.25) is 0 Å². The Morgan fingerprint density at radius 2 is 1.64 bits per heavy atom. The molecule has 0 unspecified atom stereocenters. The molecule has 1 fully saturated rings. The number of amides is 1. The Labute approximate surface area is 148 Å². The molecule has 0 spiro atoms. The molecule has 1 heterocycles. The number of aliphatic hydroxyl groups excluding tert-OH is 1. The van der Waals surface area contributed by atoms with Gasteiger partial charge < -0.3 is 15.1 Å². The largest absolute Gasteiger partial charge is 0.508 e. The molecule has 1 aliphatic heterocycles. The summed E-state index contributed by atoms with van der Waals surface area (Å²) >= 11 is 0. The van der Waals surface area contributed by atoms with E-state index in [4.69, 9.17) is 5.11 Å². The number of aromatic hydroxyl groups is 1. The smallest absolute Gasteiger partial charge is 0.222 e. The molecule has 0 saturated carbocycles. The zero-order valence-corrected chi connectivity index (χ0v) is 14.4. The third-order valence-electron chi connectivity index (χ3n) is 4.93. The van der Waals surface area contributed by atoms with Crippen LogP contribution in [0.4, 0.5) is 0 Å². The Morgan fingerprint density at radius 1 is 1.00 bits per heavy atom. The van der Waals surface area contributed by atoms with E-state index in [1.54, 1.807) is 12.1 Å². The van der Waals surface area contributed by atoms with Crippen molar-refractivity contribution in [2.24, 2.45) is 5.92 Å². The van der Waals surface area contributed by atoms with E-state index in [1.165, 1.54) is 5.56 Å². The van der Waals surface area contributed by atoms with E-state index in [0.29, 0.717) is 18.8 Å². The van der Waals surface area contributed by atoms with Crippen LogP contribution in [0.3, 0.4) is 0 Å². The van der Waals surface area contributed by atoms with Crippen LogP contribution in [-0.2, 0) is 24.2 Å². The molecule has 0 bridgehead atoms. The number of rotatable bonds is 6. The number of carbonyl (C=O) groups is 1. The van der Waals surface area contributed by atoms with Gasteiger partial charge in [-0.15, -0.1) is 0 Å². The summed E-state index contributed by atoms with van der Waals surface area (Å²) in [5.41, 5.74) is 3.27. The normalized spacial score (nSPS) is 17.0. The molecule has 0 radical (unpaired) electrons. The number of likely N-dealkylation sites (tertiary alicyclic amines) is 1. The maximum atomic E-state index is 12.4. The second-order valence-electron chi connectivity index (χ2n) is 6.84. The summed E-state index contributed by atoms with van der Waals surface area (Å²) in [7, 11) is 0. The molecule has 1 aliphatic rings. The minimum absolute atomic E-state index is 0.0764. The SMILES string of the molecule is O=C(CCc1ccc(O)cc1)N1CC[C@@H](Cc2ccc(CO)cc2)C1. The third kappa shape index (κ3) is 4.83. The summed E-state index contributed by atoms with van der Waals surface area (Å²) in [6.45, 7) is 1.75. The van der Waals surface area contributed by atoms with Gasteiger partial charge in [0.05, 0.1) is 6.61 Å². The number of aryl methyl sites for hydroxylation is 1. The van der Waals surface area contributed by atoms with E-state index in [1.807, 2.05) is 29.2 Å². The Bertz CT molecular complexity index is 694. The number of hydrogen-bond acceptors (Lipinski definition) is 3. The number of phenols is 1. The van der Waals surface area contributed by atoms with Crippen LogP contribution in [0, 0.1) is 5.92 Å². The van der Waals surface area contributed by atoms with Crippen LogP contribution < -0.4 is 0 Å². The fourth-order valence-corrected chi connectivity index (χ4v) is 3.41. The summed E-state index contributed by atoms with van der Waals surface area (Å²) in [6, 6.07) is 15.1. The average molecular weight is 339 g/mol. The van der Waals surface area contributed by atoms with Gasteiger partial charge in [0, 0.05) is 19.5 Å². The Morgan fingerprint density at radius 3 is 2.32 bits per heavy atom. The van der Waals surface area contributed by atoms with Crippen molar-refractivity contribution in [2.45, 2.75) is 32.3 Å². The molecule has 0 aromatic heterocycles. The quantitative estimate of drug-likeness (QED) is 0.851. The number of benzene rings is 2. The van der Waals surface area contributed by atoms with Crippen molar-refractivity contribution in [1.29, 1.82) is 0 Å². The molecule has 2 aromatic carbocycles. The lowest BCUT2D eigenvalue weighted by molar-refractivity contribution is -0.130. The van der Waals surface area contributed by atoms with Crippen LogP contribution >= 0.6 is 0 Å². The molecule has 4 heteroatoms.